The third-order valence-corrected chi connectivity index (χ3v) is 5.68. The van der Waals surface area contributed by atoms with Gasteiger partial charge in [-0.1, -0.05) is 0 Å². The molecule has 7 nitrogen and oxygen atoms in total. The average molecular weight is 407 g/mol. The Labute approximate surface area is 159 Å². The van der Waals surface area contributed by atoms with Gasteiger partial charge in [0.05, 0.1) is 22.7 Å². The molecule has 0 bridgehead atoms. The van der Waals surface area contributed by atoms with Crippen LogP contribution in [0.25, 0.3) is 11.3 Å². The van der Waals surface area contributed by atoms with Crippen LogP contribution >= 0.6 is 0 Å². The van der Waals surface area contributed by atoms with Gasteiger partial charge in [0.15, 0.2) is 0 Å². The standard InChI is InChI=1S/C18H15F2N3O4S/c1-22(18(24)25)10-12-9-16(15-3-2-8-21-17(15)20)23(11-12)28(26,27)14-6-4-13(19)5-7-14/h2-9,11H,10H2,1H3,(H,24,25). The third kappa shape index (κ3) is 3.72. The topological polar surface area (TPSA) is 92.5 Å². The Morgan fingerprint density at radius 2 is 1.89 bits per heavy atom. The van der Waals surface area contributed by atoms with Crippen LogP contribution in [0.4, 0.5) is 13.6 Å². The summed E-state index contributed by atoms with van der Waals surface area (Å²) in [4.78, 5) is 15.3. The van der Waals surface area contributed by atoms with Gasteiger partial charge in [0.2, 0.25) is 5.95 Å². The lowest BCUT2D eigenvalue weighted by Crippen LogP contribution is -2.23. The predicted octanol–water partition coefficient (Wildman–Crippen LogP) is 3.18. The zero-order valence-electron chi connectivity index (χ0n) is 14.6. The molecule has 28 heavy (non-hydrogen) atoms. The molecule has 2 heterocycles. The average Bonchev–Trinajstić information content (AvgIpc) is 3.06. The van der Waals surface area contributed by atoms with Crippen LogP contribution in [-0.4, -0.2) is 40.5 Å². The fraction of sp³-hybridized carbons (Fsp3) is 0.111. The highest BCUT2D eigenvalue weighted by molar-refractivity contribution is 7.90. The minimum atomic E-state index is -4.20. The van der Waals surface area contributed by atoms with E-state index in [0.717, 1.165) is 33.1 Å². The minimum absolute atomic E-state index is 0.0243. The summed E-state index contributed by atoms with van der Waals surface area (Å²) in [6.07, 6.45) is 1.22. The Bertz CT molecular complexity index is 1130. The number of carbonyl (C=O) groups is 1. The van der Waals surface area contributed by atoms with Gasteiger partial charge in [0.1, 0.15) is 5.82 Å². The molecular formula is C18H15F2N3O4S. The van der Waals surface area contributed by atoms with Gasteiger partial charge in [-0.15, -0.1) is 0 Å². The molecule has 0 aliphatic rings. The maximum absolute atomic E-state index is 14.2. The molecule has 0 radical (unpaired) electrons. The maximum Gasteiger partial charge on any atom is 0.407 e. The zero-order chi connectivity index (χ0) is 20.5. The van der Waals surface area contributed by atoms with E-state index in [0.29, 0.717) is 5.56 Å². The van der Waals surface area contributed by atoms with E-state index in [9.17, 15) is 22.0 Å². The summed E-state index contributed by atoms with van der Waals surface area (Å²) in [6.45, 7) is -0.115. The fourth-order valence-corrected chi connectivity index (χ4v) is 4.01. The van der Waals surface area contributed by atoms with E-state index >= 15 is 0 Å². The van der Waals surface area contributed by atoms with Gasteiger partial charge in [0.25, 0.3) is 10.0 Å². The lowest BCUT2D eigenvalue weighted by atomic mass is 10.2. The molecule has 0 aliphatic heterocycles. The predicted molar refractivity (Wildman–Crippen MR) is 96.1 cm³/mol. The monoisotopic (exact) mass is 407 g/mol. The molecule has 3 aromatic rings. The van der Waals surface area contributed by atoms with Gasteiger partial charge in [-0.05, 0) is 48.0 Å². The molecule has 1 aromatic carbocycles. The van der Waals surface area contributed by atoms with Crippen LogP contribution in [0.1, 0.15) is 5.56 Å². The van der Waals surface area contributed by atoms with Crippen molar-refractivity contribution in [2.24, 2.45) is 0 Å². The number of rotatable bonds is 5. The molecule has 146 valence electrons. The number of hydrogen-bond acceptors (Lipinski definition) is 4. The summed E-state index contributed by atoms with van der Waals surface area (Å²) in [5.41, 5.74) is 0.231. The van der Waals surface area contributed by atoms with Crippen LogP contribution in [0.5, 0.6) is 0 Å². The van der Waals surface area contributed by atoms with Crippen molar-refractivity contribution in [1.29, 1.82) is 0 Å². The molecule has 0 fully saturated rings. The van der Waals surface area contributed by atoms with E-state index in [2.05, 4.69) is 4.98 Å². The first kappa shape index (κ1) is 19.5. The van der Waals surface area contributed by atoms with Crippen LogP contribution in [0.3, 0.4) is 0 Å². The Morgan fingerprint density at radius 3 is 2.50 bits per heavy atom. The summed E-state index contributed by atoms with van der Waals surface area (Å²) < 4.78 is 54.3. The Balaban J connectivity index is 2.18. The normalized spacial score (nSPS) is 11.4. The van der Waals surface area contributed by atoms with Crippen molar-refractivity contribution in [3.05, 3.63) is 72.2 Å². The fourth-order valence-electron chi connectivity index (χ4n) is 2.62. The second kappa shape index (κ2) is 7.39. The van der Waals surface area contributed by atoms with E-state index in [1.54, 1.807) is 0 Å². The Morgan fingerprint density at radius 1 is 1.21 bits per heavy atom. The van der Waals surface area contributed by atoms with Crippen LogP contribution in [0.15, 0.2) is 59.8 Å². The maximum atomic E-state index is 14.2. The molecule has 0 saturated carbocycles. The van der Waals surface area contributed by atoms with Gasteiger partial charge in [0, 0.05) is 19.4 Å². The van der Waals surface area contributed by atoms with E-state index in [1.165, 1.54) is 37.6 Å². The molecular weight excluding hydrogens is 392 g/mol. The first-order chi connectivity index (χ1) is 13.2. The van der Waals surface area contributed by atoms with E-state index in [4.69, 9.17) is 5.11 Å². The smallest absolute Gasteiger partial charge is 0.407 e. The number of benzene rings is 1. The first-order valence-corrected chi connectivity index (χ1v) is 9.41. The largest absolute Gasteiger partial charge is 0.465 e. The second-order valence-corrected chi connectivity index (χ2v) is 7.78. The lowest BCUT2D eigenvalue weighted by molar-refractivity contribution is 0.154. The van der Waals surface area contributed by atoms with E-state index in [-0.39, 0.29) is 22.7 Å². The zero-order valence-corrected chi connectivity index (χ0v) is 15.4. The molecule has 0 aliphatic carbocycles. The summed E-state index contributed by atoms with van der Waals surface area (Å²) in [7, 11) is -2.88. The summed E-state index contributed by atoms with van der Waals surface area (Å²) in [5.74, 6) is -1.48. The number of hydrogen-bond donors (Lipinski definition) is 1. The molecule has 0 unspecified atom stereocenters. The van der Waals surface area contributed by atoms with Crippen molar-refractivity contribution < 1.29 is 27.1 Å². The van der Waals surface area contributed by atoms with Crippen LogP contribution < -0.4 is 0 Å². The number of carboxylic acid groups (broad SMARTS) is 1. The molecule has 2 aromatic heterocycles. The summed E-state index contributed by atoms with van der Waals surface area (Å²) >= 11 is 0. The van der Waals surface area contributed by atoms with Crippen LogP contribution in [0.2, 0.25) is 0 Å². The van der Waals surface area contributed by atoms with Gasteiger partial charge in [-0.25, -0.2) is 26.6 Å². The van der Waals surface area contributed by atoms with Gasteiger partial charge in [-0.2, -0.15) is 4.39 Å². The Kier molecular flexibility index (Phi) is 5.14. The highest BCUT2D eigenvalue weighted by atomic mass is 32.2. The quantitative estimate of drug-likeness (QED) is 0.656. The molecule has 3 rings (SSSR count). The molecule has 0 spiro atoms. The molecule has 0 atom stereocenters. The number of halogens is 2. The summed E-state index contributed by atoms with van der Waals surface area (Å²) in [6, 6.07) is 8.37. The molecule has 1 N–H and O–H groups in total. The Hall–Kier alpha value is -3.27. The highest BCUT2D eigenvalue weighted by Gasteiger charge is 2.24. The van der Waals surface area contributed by atoms with Crippen molar-refractivity contribution in [2.45, 2.75) is 11.4 Å². The van der Waals surface area contributed by atoms with Crippen molar-refractivity contribution in [2.75, 3.05) is 7.05 Å². The van der Waals surface area contributed by atoms with Crippen molar-refractivity contribution in [3.8, 4) is 11.3 Å². The number of aromatic nitrogens is 2. The van der Waals surface area contributed by atoms with Gasteiger partial charge >= 0.3 is 6.09 Å². The molecule has 10 heteroatoms. The number of amides is 1. The van der Waals surface area contributed by atoms with E-state index < -0.39 is 27.9 Å². The van der Waals surface area contributed by atoms with Crippen LogP contribution in [-0.2, 0) is 16.6 Å². The minimum Gasteiger partial charge on any atom is -0.465 e. The summed E-state index contributed by atoms with van der Waals surface area (Å²) in [5, 5.41) is 9.04. The van der Waals surface area contributed by atoms with Crippen LogP contribution in [0, 0.1) is 11.8 Å². The van der Waals surface area contributed by atoms with Gasteiger partial charge < -0.3 is 10.0 Å². The highest BCUT2D eigenvalue weighted by Crippen LogP contribution is 2.29. The van der Waals surface area contributed by atoms with E-state index in [1.807, 2.05) is 0 Å². The van der Waals surface area contributed by atoms with Gasteiger partial charge in [-0.3, -0.25) is 0 Å². The van der Waals surface area contributed by atoms with Crippen molar-refractivity contribution in [1.82, 2.24) is 13.9 Å². The van der Waals surface area contributed by atoms with Crippen molar-refractivity contribution in [3.63, 3.8) is 0 Å². The molecule has 1 amide bonds. The lowest BCUT2D eigenvalue weighted by Gasteiger charge is -2.11. The van der Waals surface area contributed by atoms with Crippen molar-refractivity contribution >= 4 is 16.1 Å². The number of pyridine rings is 1. The second-order valence-electron chi connectivity index (χ2n) is 5.97. The third-order valence-electron chi connectivity index (χ3n) is 3.99. The number of nitrogens with zero attached hydrogens (tertiary/aromatic N) is 3. The molecule has 0 saturated heterocycles. The SMILES string of the molecule is CN(Cc1cc(-c2cccnc2F)n(S(=O)(=O)c2ccc(F)cc2)c1)C(=O)O. The first-order valence-electron chi connectivity index (χ1n) is 7.97.